The van der Waals surface area contributed by atoms with E-state index < -0.39 is 10.0 Å². The highest BCUT2D eigenvalue weighted by atomic mass is 35.5. The molecule has 0 spiro atoms. The molecule has 8 heteroatoms. The van der Waals surface area contributed by atoms with Gasteiger partial charge >= 0.3 is 0 Å². The monoisotopic (exact) mass is 461 g/mol. The zero-order valence-corrected chi connectivity index (χ0v) is 20.4. The lowest BCUT2D eigenvalue weighted by molar-refractivity contribution is 0.0842. The minimum absolute atomic E-state index is 0.408. The Labute approximate surface area is 191 Å². The van der Waals surface area contributed by atoms with Gasteiger partial charge < -0.3 is 14.5 Å². The minimum atomic E-state index is -0.575. The van der Waals surface area contributed by atoms with Crippen molar-refractivity contribution < 1.29 is 4.74 Å². The number of ether oxygens (including phenoxy) is 1. The van der Waals surface area contributed by atoms with Crippen molar-refractivity contribution in [3.63, 3.8) is 0 Å². The number of benzene rings is 1. The number of hydrogen-bond acceptors (Lipinski definition) is 5. The van der Waals surface area contributed by atoms with Gasteiger partial charge in [0.15, 0.2) is 0 Å². The predicted octanol–water partition coefficient (Wildman–Crippen LogP) is 4.17. The van der Waals surface area contributed by atoms with Crippen LogP contribution < -0.4 is 4.90 Å². The Bertz CT molecular complexity index is 1020. The van der Waals surface area contributed by atoms with Crippen LogP contribution in [0.2, 0.25) is 5.15 Å². The van der Waals surface area contributed by atoms with Gasteiger partial charge in [-0.15, -0.1) is 0 Å². The van der Waals surface area contributed by atoms with Gasteiger partial charge in [0.1, 0.15) is 17.6 Å². The number of fused-ring (bicyclic) bond motifs is 1. The molecule has 1 saturated heterocycles. The first-order valence-electron chi connectivity index (χ1n) is 10.6. The molecule has 4 rings (SSSR count). The van der Waals surface area contributed by atoms with Gasteiger partial charge in [-0.25, -0.2) is 19.7 Å². The van der Waals surface area contributed by atoms with Crippen molar-refractivity contribution in [2.24, 2.45) is 0 Å². The molecule has 0 N–H and O–H groups in total. The van der Waals surface area contributed by atoms with Gasteiger partial charge in [0.25, 0.3) is 0 Å². The topological polar surface area (TPSA) is 46.4 Å². The molecule has 1 aliphatic heterocycles. The van der Waals surface area contributed by atoms with Crippen LogP contribution in [0.25, 0.3) is 22.2 Å². The van der Waals surface area contributed by atoms with E-state index in [-0.39, 0.29) is 0 Å². The number of rotatable bonds is 7. The van der Waals surface area contributed by atoms with E-state index >= 15 is 0 Å². The molecule has 2 aromatic heterocycles. The maximum Gasteiger partial charge on any atom is 0.140 e. The third-order valence-corrected chi connectivity index (χ3v) is 7.26. The molecule has 3 aromatic rings. The van der Waals surface area contributed by atoms with Crippen LogP contribution in [-0.4, -0.2) is 84.0 Å². The van der Waals surface area contributed by atoms with Gasteiger partial charge in [-0.1, -0.05) is 23.7 Å². The van der Waals surface area contributed by atoms with Gasteiger partial charge in [-0.2, -0.15) is 5.10 Å². The second-order valence-electron chi connectivity index (χ2n) is 9.04. The number of hydrogen-bond donors (Lipinski definition) is 0. The Hall–Kier alpha value is -1.80. The first-order chi connectivity index (χ1) is 14.8. The van der Waals surface area contributed by atoms with Crippen molar-refractivity contribution in [1.29, 1.82) is 0 Å². The summed E-state index contributed by atoms with van der Waals surface area (Å²) in [6.45, 7) is 5.45. The van der Waals surface area contributed by atoms with Crippen LogP contribution in [-0.2, 0) is 11.5 Å². The van der Waals surface area contributed by atoms with Crippen LogP contribution in [0.5, 0.6) is 0 Å². The third-order valence-electron chi connectivity index (χ3n) is 5.67. The maximum absolute atomic E-state index is 6.19. The van der Waals surface area contributed by atoms with Crippen molar-refractivity contribution >= 4 is 38.2 Å². The number of likely N-dealkylation sites (N-methyl/N-ethyl adjacent to an activating group) is 1. The standard InChI is InChI=1S/C23H32ClN5OS/c1-27-9-11-28(12-10-27)19-7-5-18(6-8-19)23-20-16-25-22(24)15-21(20)29(26-23)17-30-13-14-31(2,3)4/h5-8,15-16H,9-14,17H2,1-4H3. The van der Waals surface area contributed by atoms with Crippen molar-refractivity contribution in [3.05, 3.63) is 41.7 Å². The van der Waals surface area contributed by atoms with E-state index in [1.807, 2.05) is 16.9 Å². The molecule has 1 aliphatic rings. The summed E-state index contributed by atoms with van der Waals surface area (Å²) in [7, 11) is 1.60. The smallest absolute Gasteiger partial charge is 0.140 e. The second-order valence-corrected chi connectivity index (χ2v) is 14.0. The zero-order chi connectivity index (χ0) is 22.0. The average molecular weight is 462 g/mol. The molecule has 0 radical (unpaired) electrons. The normalized spacial score (nSPS) is 16.2. The van der Waals surface area contributed by atoms with Crippen LogP contribution in [0, 0.1) is 0 Å². The second kappa shape index (κ2) is 9.36. The Morgan fingerprint density at radius 2 is 1.77 bits per heavy atom. The van der Waals surface area contributed by atoms with Gasteiger partial charge in [0, 0.05) is 60.8 Å². The number of anilines is 1. The predicted molar refractivity (Wildman–Crippen MR) is 134 cm³/mol. The Balaban J connectivity index is 1.56. The highest BCUT2D eigenvalue weighted by molar-refractivity contribution is 8.32. The van der Waals surface area contributed by atoms with E-state index in [1.165, 1.54) is 5.69 Å². The summed E-state index contributed by atoms with van der Waals surface area (Å²) in [5.74, 6) is 1.08. The minimum Gasteiger partial charge on any atom is -0.369 e. The molecule has 31 heavy (non-hydrogen) atoms. The number of piperazine rings is 1. The summed E-state index contributed by atoms with van der Waals surface area (Å²) in [5.41, 5.74) is 4.19. The Kier molecular flexibility index (Phi) is 6.77. The molecule has 168 valence electrons. The van der Waals surface area contributed by atoms with E-state index in [2.05, 4.69) is 64.9 Å². The molecule has 1 aromatic carbocycles. The van der Waals surface area contributed by atoms with Crippen molar-refractivity contribution in [1.82, 2.24) is 19.7 Å². The maximum atomic E-state index is 6.19. The highest BCUT2D eigenvalue weighted by Gasteiger charge is 2.17. The molecule has 0 unspecified atom stereocenters. The largest absolute Gasteiger partial charge is 0.369 e. The average Bonchev–Trinajstić information content (AvgIpc) is 3.09. The molecule has 0 saturated carbocycles. The fourth-order valence-electron chi connectivity index (χ4n) is 3.71. The van der Waals surface area contributed by atoms with Crippen LogP contribution in [0.1, 0.15) is 0 Å². The lowest BCUT2D eigenvalue weighted by Crippen LogP contribution is -2.44. The number of nitrogens with zero attached hydrogens (tertiary/aromatic N) is 5. The van der Waals surface area contributed by atoms with Gasteiger partial charge in [-0.05, 0) is 37.9 Å². The molecule has 0 amide bonds. The SMILES string of the molecule is CN1CCN(c2ccc(-c3nn(COCCS(C)(C)C)c4cc(Cl)ncc34)cc2)CC1. The molecule has 0 bridgehead atoms. The molecular formula is C23H32ClN5OS. The summed E-state index contributed by atoms with van der Waals surface area (Å²) in [6, 6.07) is 10.6. The van der Waals surface area contributed by atoms with Crippen molar-refractivity contribution in [3.8, 4) is 11.3 Å². The van der Waals surface area contributed by atoms with Crippen LogP contribution in [0.4, 0.5) is 5.69 Å². The van der Waals surface area contributed by atoms with Crippen molar-refractivity contribution in [2.45, 2.75) is 6.73 Å². The summed E-state index contributed by atoms with van der Waals surface area (Å²) in [5, 5.41) is 6.32. The molecule has 6 nitrogen and oxygen atoms in total. The number of halogens is 1. The Morgan fingerprint density at radius 1 is 1.06 bits per heavy atom. The lowest BCUT2D eigenvalue weighted by atomic mass is 10.1. The zero-order valence-electron chi connectivity index (χ0n) is 18.8. The fraction of sp³-hybridized carbons (Fsp3) is 0.478. The summed E-state index contributed by atoms with van der Waals surface area (Å²) < 4.78 is 7.84. The summed E-state index contributed by atoms with van der Waals surface area (Å²) >= 11 is 6.19. The van der Waals surface area contributed by atoms with E-state index in [0.29, 0.717) is 11.9 Å². The molecule has 0 aliphatic carbocycles. The number of aromatic nitrogens is 3. The first kappa shape index (κ1) is 22.4. The van der Waals surface area contributed by atoms with Gasteiger partial charge in [-0.3, -0.25) is 0 Å². The van der Waals surface area contributed by atoms with Gasteiger partial charge in [0.2, 0.25) is 0 Å². The first-order valence-corrected chi connectivity index (χ1v) is 14.0. The molecule has 1 fully saturated rings. The Morgan fingerprint density at radius 3 is 2.45 bits per heavy atom. The summed E-state index contributed by atoms with van der Waals surface area (Å²) in [6.07, 6.45) is 8.71. The van der Waals surface area contributed by atoms with Crippen LogP contribution in [0.15, 0.2) is 36.5 Å². The highest BCUT2D eigenvalue weighted by Crippen LogP contribution is 2.34. The lowest BCUT2D eigenvalue weighted by Gasteiger charge is -2.34. The quantitative estimate of drug-likeness (QED) is 0.390. The molecular weight excluding hydrogens is 430 g/mol. The summed E-state index contributed by atoms with van der Waals surface area (Å²) in [4.78, 5) is 9.10. The van der Waals surface area contributed by atoms with Gasteiger partial charge in [0.05, 0.1) is 12.1 Å². The fourth-order valence-corrected chi connectivity index (χ4v) is 4.48. The van der Waals surface area contributed by atoms with E-state index in [1.54, 1.807) is 0 Å². The number of pyridine rings is 1. The van der Waals surface area contributed by atoms with E-state index in [9.17, 15) is 0 Å². The van der Waals surface area contributed by atoms with Crippen molar-refractivity contribution in [2.75, 3.05) is 69.3 Å². The molecule has 0 atom stereocenters. The van der Waals surface area contributed by atoms with Crippen LogP contribution in [0.3, 0.4) is 0 Å². The van der Waals surface area contributed by atoms with E-state index in [4.69, 9.17) is 21.4 Å². The van der Waals surface area contributed by atoms with E-state index in [0.717, 1.165) is 60.7 Å². The third kappa shape index (κ3) is 5.52. The van der Waals surface area contributed by atoms with Crippen LogP contribution >= 0.6 is 21.6 Å². The molecule has 3 heterocycles.